The van der Waals surface area contributed by atoms with Crippen LogP contribution in [0.5, 0.6) is 0 Å². The molecule has 0 bridgehead atoms. The molecule has 0 spiro atoms. The van der Waals surface area contributed by atoms with Crippen molar-refractivity contribution in [1.82, 2.24) is 19.5 Å². The third-order valence-corrected chi connectivity index (χ3v) is 3.65. The zero-order valence-corrected chi connectivity index (χ0v) is 11.6. The summed E-state index contributed by atoms with van der Waals surface area (Å²) in [6.45, 7) is 1.82. The summed E-state index contributed by atoms with van der Waals surface area (Å²) in [5, 5.41) is 13.2. The first-order valence-electron chi connectivity index (χ1n) is 6.90. The fraction of sp³-hybridized carbons (Fsp3) is 0.429. The van der Waals surface area contributed by atoms with Crippen molar-refractivity contribution in [3.05, 3.63) is 30.2 Å². The number of hydrogen-bond acceptors (Lipinski definition) is 4. The van der Waals surface area contributed by atoms with Crippen molar-refractivity contribution in [2.45, 2.75) is 25.8 Å². The maximum Gasteiger partial charge on any atom is 0.308 e. The van der Waals surface area contributed by atoms with Crippen molar-refractivity contribution in [1.29, 1.82) is 0 Å². The van der Waals surface area contributed by atoms with Gasteiger partial charge in [0.2, 0.25) is 0 Å². The SMILES string of the molecule is CC(CN(C(=O)c1cnn2cccnc12)C1CC1)C(=O)O. The third-order valence-electron chi connectivity index (χ3n) is 3.65. The molecule has 2 aromatic rings. The van der Waals surface area contributed by atoms with Gasteiger partial charge in [-0.05, 0) is 18.9 Å². The van der Waals surface area contributed by atoms with Gasteiger partial charge in [-0.15, -0.1) is 0 Å². The van der Waals surface area contributed by atoms with Crippen LogP contribution in [0.15, 0.2) is 24.7 Å². The Labute approximate surface area is 121 Å². The lowest BCUT2D eigenvalue weighted by atomic mass is 10.1. The highest BCUT2D eigenvalue weighted by molar-refractivity contribution is 6.00. The lowest BCUT2D eigenvalue weighted by Gasteiger charge is -2.23. The van der Waals surface area contributed by atoms with Crippen LogP contribution < -0.4 is 0 Å². The van der Waals surface area contributed by atoms with Crippen LogP contribution in [0.4, 0.5) is 0 Å². The molecule has 7 heteroatoms. The van der Waals surface area contributed by atoms with E-state index in [9.17, 15) is 9.59 Å². The Bertz CT molecular complexity index is 692. The summed E-state index contributed by atoms with van der Waals surface area (Å²) in [5.74, 6) is -1.69. The molecular weight excluding hydrogens is 272 g/mol. The number of rotatable bonds is 5. The molecule has 0 aliphatic heterocycles. The molecule has 0 radical (unpaired) electrons. The molecule has 7 nitrogen and oxygen atoms in total. The average Bonchev–Trinajstić information content (AvgIpc) is 3.22. The van der Waals surface area contributed by atoms with Crippen LogP contribution in [0.25, 0.3) is 5.65 Å². The van der Waals surface area contributed by atoms with Crippen molar-refractivity contribution in [3.8, 4) is 0 Å². The monoisotopic (exact) mass is 288 g/mol. The van der Waals surface area contributed by atoms with Gasteiger partial charge in [0.1, 0.15) is 5.56 Å². The predicted octanol–water partition coefficient (Wildman–Crippen LogP) is 1.05. The number of aliphatic carboxylic acids is 1. The van der Waals surface area contributed by atoms with Gasteiger partial charge >= 0.3 is 5.97 Å². The van der Waals surface area contributed by atoms with Gasteiger partial charge in [-0.25, -0.2) is 9.50 Å². The summed E-state index contributed by atoms with van der Waals surface area (Å²) in [6.07, 6.45) is 6.66. The Morgan fingerprint density at radius 2 is 2.29 bits per heavy atom. The second kappa shape index (κ2) is 5.16. The van der Waals surface area contributed by atoms with E-state index < -0.39 is 11.9 Å². The van der Waals surface area contributed by atoms with E-state index in [1.54, 1.807) is 34.8 Å². The summed E-state index contributed by atoms with van der Waals surface area (Å²) in [4.78, 5) is 29.6. The molecule has 1 atom stereocenters. The van der Waals surface area contributed by atoms with Crippen molar-refractivity contribution < 1.29 is 14.7 Å². The van der Waals surface area contributed by atoms with Crippen LogP contribution in [0.1, 0.15) is 30.1 Å². The van der Waals surface area contributed by atoms with Crippen molar-refractivity contribution in [3.63, 3.8) is 0 Å². The molecule has 0 saturated heterocycles. The normalized spacial score (nSPS) is 15.9. The molecule has 1 unspecified atom stereocenters. The van der Waals surface area contributed by atoms with Crippen LogP contribution in [-0.2, 0) is 4.79 Å². The molecule has 2 heterocycles. The fourth-order valence-corrected chi connectivity index (χ4v) is 2.29. The van der Waals surface area contributed by atoms with E-state index in [1.165, 1.54) is 6.20 Å². The maximum atomic E-state index is 12.7. The first kappa shape index (κ1) is 13.5. The first-order valence-corrected chi connectivity index (χ1v) is 6.90. The summed E-state index contributed by atoms with van der Waals surface area (Å²) < 4.78 is 1.54. The second-order valence-electron chi connectivity index (χ2n) is 5.37. The summed E-state index contributed by atoms with van der Waals surface area (Å²) in [5.41, 5.74) is 0.913. The van der Waals surface area contributed by atoms with Gasteiger partial charge in [-0.1, -0.05) is 6.92 Å². The topological polar surface area (TPSA) is 87.8 Å². The number of aromatic nitrogens is 3. The lowest BCUT2D eigenvalue weighted by Crippen LogP contribution is -2.38. The smallest absolute Gasteiger partial charge is 0.308 e. The quantitative estimate of drug-likeness (QED) is 0.888. The van der Waals surface area contributed by atoms with Crippen LogP contribution in [-0.4, -0.2) is 49.1 Å². The Morgan fingerprint density at radius 3 is 2.95 bits per heavy atom. The van der Waals surface area contributed by atoms with E-state index in [0.29, 0.717) is 11.2 Å². The third kappa shape index (κ3) is 2.58. The van der Waals surface area contributed by atoms with Crippen molar-refractivity contribution >= 4 is 17.5 Å². The Hall–Kier alpha value is -2.44. The highest BCUT2D eigenvalue weighted by Crippen LogP contribution is 2.29. The van der Waals surface area contributed by atoms with Crippen molar-refractivity contribution in [2.24, 2.45) is 5.92 Å². The van der Waals surface area contributed by atoms with E-state index in [1.807, 2.05) is 0 Å². The van der Waals surface area contributed by atoms with Gasteiger partial charge < -0.3 is 10.0 Å². The van der Waals surface area contributed by atoms with Crippen molar-refractivity contribution in [2.75, 3.05) is 6.54 Å². The molecule has 21 heavy (non-hydrogen) atoms. The molecule has 1 fully saturated rings. The Kier molecular flexibility index (Phi) is 3.32. The van der Waals surface area contributed by atoms with Crippen LogP contribution in [0, 0.1) is 5.92 Å². The first-order chi connectivity index (χ1) is 10.1. The number of carbonyl (C=O) groups is 2. The van der Waals surface area contributed by atoms with Gasteiger partial charge in [0.25, 0.3) is 5.91 Å². The number of fused-ring (bicyclic) bond motifs is 1. The minimum absolute atomic E-state index is 0.137. The molecule has 1 amide bonds. The number of carbonyl (C=O) groups excluding carboxylic acids is 1. The molecule has 1 N–H and O–H groups in total. The summed E-state index contributed by atoms with van der Waals surface area (Å²) in [6, 6.07) is 1.87. The molecule has 2 aromatic heterocycles. The molecule has 3 rings (SSSR count). The minimum Gasteiger partial charge on any atom is -0.481 e. The van der Waals surface area contributed by atoms with E-state index in [0.717, 1.165) is 12.8 Å². The molecule has 0 aromatic carbocycles. The highest BCUT2D eigenvalue weighted by Gasteiger charge is 2.36. The van der Waals surface area contributed by atoms with Crippen LogP contribution in [0.2, 0.25) is 0 Å². The fourth-order valence-electron chi connectivity index (χ4n) is 2.29. The zero-order chi connectivity index (χ0) is 15.0. The Morgan fingerprint density at radius 1 is 1.52 bits per heavy atom. The van der Waals surface area contributed by atoms with Gasteiger partial charge in [0, 0.05) is 25.0 Å². The largest absolute Gasteiger partial charge is 0.481 e. The molecular formula is C14H16N4O3. The van der Waals surface area contributed by atoms with Gasteiger partial charge in [-0.3, -0.25) is 9.59 Å². The summed E-state index contributed by atoms with van der Waals surface area (Å²) in [7, 11) is 0. The van der Waals surface area contributed by atoms with Gasteiger partial charge in [0.05, 0.1) is 12.1 Å². The number of carboxylic acids is 1. The van der Waals surface area contributed by atoms with E-state index in [4.69, 9.17) is 5.11 Å². The molecule has 1 aliphatic rings. The number of hydrogen-bond donors (Lipinski definition) is 1. The number of amides is 1. The molecule has 1 aliphatic carbocycles. The van der Waals surface area contributed by atoms with Crippen LogP contribution >= 0.6 is 0 Å². The zero-order valence-electron chi connectivity index (χ0n) is 11.6. The van der Waals surface area contributed by atoms with Gasteiger partial charge in [0.15, 0.2) is 5.65 Å². The maximum absolute atomic E-state index is 12.7. The van der Waals surface area contributed by atoms with Gasteiger partial charge in [-0.2, -0.15) is 5.10 Å². The van der Waals surface area contributed by atoms with Crippen LogP contribution in [0.3, 0.4) is 0 Å². The standard InChI is InChI=1S/C14H16N4O3/c1-9(14(20)21)8-17(10-3-4-10)13(19)11-7-16-18-6-2-5-15-12(11)18/h2,5-7,9-10H,3-4,8H2,1H3,(H,20,21). The molecule has 110 valence electrons. The molecule has 1 saturated carbocycles. The predicted molar refractivity (Wildman–Crippen MR) is 73.8 cm³/mol. The number of carboxylic acid groups (broad SMARTS) is 1. The van der Waals surface area contributed by atoms with E-state index in [-0.39, 0.29) is 18.5 Å². The Balaban J connectivity index is 1.89. The van der Waals surface area contributed by atoms with E-state index in [2.05, 4.69) is 10.1 Å². The average molecular weight is 288 g/mol. The second-order valence-corrected chi connectivity index (χ2v) is 5.37. The minimum atomic E-state index is -0.897. The number of nitrogens with zero attached hydrogens (tertiary/aromatic N) is 4. The van der Waals surface area contributed by atoms with E-state index >= 15 is 0 Å². The highest BCUT2D eigenvalue weighted by atomic mass is 16.4. The lowest BCUT2D eigenvalue weighted by molar-refractivity contribution is -0.141. The summed E-state index contributed by atoms with van der Waals surface area (Å²) >= 11 is 0.